The monoisotopic (exact) mass is 980 g/mol. The van der Waals surface area contributed by atoms with E-state index in [0.29, 0.717) is 24.7 Å². The fraction of sp³-hybridized carbons (Fsp3) is 0.444. The highest BCUT2D eigenvalue weighted by Gasteiger charge is 2.57. The Balaban J connectivity index is 0.822. The molecule has 4 bridgehead atoms. The van der Waals surface area contributed by atoms with Gasteiger partial charge in [-0.05, 0) is 169 Å². The van der Waals surface area contributed by atoms with Gasteiger partial charge in [0.1, 0.15) is 23.7 Å². The topological polar surface area (TPSA) is 175 Å². The maximum Gasteiger partial charge on any atom is 0.407 e. The minimum atomic E-state index is -0.651. The van der Waals surface area contributed by atoms with Crippen LogP contribution in [0.3, 0.4) is 0 Å². The number of benzene rings is 4. The molecule has 4 aromatic carbocycles. The van der Waals surface area contributed by atoms with Crippen LogP contribution >= 0.6 is 23.5 Å². The third-order valence-electron chi connectivity index (χ3n) is 15.5. The molecule has 2 aromatic heterocycles. The zero-order valence-corrected chi connectivity index (χ0v) is 41.7. The molecule has 364 valence electrons. The Morgan fingerprint density at radius 1 is 0.614 bits per heavy atom. The Labute approximate surface area is 416 Å². The first-order chi connectivity index (χ1) is 34.1. The van der Waals surface area contributed by atoms with Crippen LogP contribution in [0, 0.1) is 11.8 Å². The summed E-state index contributed by atoms with van der Waals surface area (Å²) in [5.74, 6) is 3.83. The highest BCUT2D eigenvalue weighted by molar-refractivity contribution is 7.98. The summed E-state index contributed by atoms with van der Waals surface area (Å²) in [7, 11) is 2.65. The number of aromatic nitrogens is 4. The first-order valence-electron chi connectivity index (χ1n) is 24.7. The van der Waals surface area contributed by atoms with Crippen LogP contribution in [0.25, 0.3) is 44.3 Å². The molecule has 0 radical (unpaired) electrons. The minimum Gasteiger partial charge on any atom is -0.453 e. The zero-order valence-electron chi connectivity index (χ0n) is 40.1. The number of piperidine rings is 2. The van der Waals surface area contributed by atoms with Crippen LogP contribution in [0.2, 0.25) is 0 Å². The van der Waals surface area contributed by atoms with Gasteiger partial charge in [-0.3, -0.25) is 9.59 Å². The summed E-state index contributed by atoms with van der Waals surface area (Å²) in [6.07, 6.45) is 11.0. The molecule has 14 rings (SSSR count). The Morgan fingerprint density at radius 2 is 1.06 bits per heavy atom. The average Bonchev–Trinajstić information content (AvgIpc) is 4.04. The Kier molecular flexibility index (Phi) is 12.8. The number of amides is 4. The van der Waals surface area contributed by atoms with Crippen molar-refractivity contribution in [1.82, 2.24) is 40.4 Å². The zero-order chi connectivity index (χ0) is 48.2. The number of nitrogens with one attached hydrogen (secondary N) is 4. The molecule has 8 unspecified atom stereocenters. The summed E-state index contributed by atoms with van der Waals surface area (Å²) >= 11 is 3.30. The second-order valence-electron chi connectivity index (χ2n) is 19.8. The van der Waals surface area contributed by atoms with E-state index in [1.54, 1.807) is 23.5 Å². The van der Waals surface area contributed by atoms with Gasteiger partial charge in [-0.25, -0.2) is 19.6 Å². The number of methoxy groups -OCH3 is 2. The third-order valence-corrected chi connectivity index (χ3v) is 16.7. The molecule has 2 saturated carbocycles. The second kappa shape index (κ2) is 19.3. The lowest BCUT2D eigenvalue weighted by molar-refractivity contribution is -0.136. The van der Waals surface area contributed by atoms with Crippen LogP contribution in [0.1, 0.15) is 84.5 Å². The second-order valence-corrected chi connectivity index (χ2v) is 21.7. The molecule has 4 N–H and O–H groups in total. The summed E-state index contributed by atoms with van der Waals surface area (Å²) in [5.41, 5.74) is 13.5. The number of nitrogens with zero attached hydrogens (tertiary/aromatic N) is 4. The van der Waals surface area contributed by atoms with Crippen molar-refractivity contribution in [3.05, 3.63) is 107 Å². The van der Waals surface area contributed by atoms with Crippen LogP contribution in [0.15, 0.2) is 72.8 Å². The molecule has 4 heterocycles. The van der Waals surface area contributed by atoms with Gasteiger partial charge in [0.25, 0.3) is 0 Å². The molecule has 8 atom stereocenters. The van der Waals surface area contributed by atoms with Gasteiger partial charge >= 0.3 is 12.2 Å². The van der Waals surface area contributed by atoms with E-state index in [0.717, 1.165) is 108 Å². The summed E-state index contributed by atoms with van der Waals surface area (Å²) in [5, 5.41) is 5.60. The van der Waals surface area contributed by atoms with E-state index >= 15 is 0 Å². The molecule has 70 heavy (non-hydrogen) atoms. The van der Waals surface area contributed by atoms with E-state index in [1.807, 2.05) is 22.3 Å². The van der Waals surface area contributed by atoms with Gasteiger partial charge in [-0.1, -0.05) is 48.5 Å². The minimum absolute atomic E-state index is 0.0679. The molecule has 4 fully saturated rings. The number of H-pyrrole nitrogens is 2. The van der Waals surface area contributed by atoms with Crippen molar-refractivity contribution in [1.29, 1.82) is 0 Å². The lowest BCUT2D eigenvalue weighted by Gasteiger charge is -2.30. The van der Waals surface area contributed by atoms with E-state index in [4.69, 9.17) is 19.4 Å². The maximum atomic E-state index is 14.1. The fourth-order valence-corrected chi connectivity index (χ4v) is 12.5. The number of alkyl carbamates (subject to hydrolysis) is 2. The lowest BCUT2D eigenvalue weighted by Crippen LogP contribution is -2.49. The number of ether oxygens (including phenoxy) is 2. The Bertz CT molecular complexity index is 2810. The van der Waals surface area contributed by atoms with E-state index < -0.39 is 24.3 Å². The van der Waals surface area contributed by atoms with Crippen molar-refractivity contribution < 1.29 is 28.7 Å². The number of aryl methyl sites for hydroxylation is 4. The van der Waals surface area contributed by atoms with Crippen LogP contribution in [0.4, 0.5) is 9.59 Å². The molecular formula is C54H60N8O6S2. The first kappa shape index (κ1) is 46.4. The average molecular weight is 981 g/mol. The Hall–Kier alpha value is -6.00. The van der Waals surface area contributed by atoms with Gasteiger partial charge in [-0.15, -0.1) is 0 Å². The number of thioether (sulfide) groups is 2. The van der Waals surface area contributed by atoms with E-state index in [1.165, 1.54) is 47.6 Å². The van der Waals surface area contributed by atoms with Crippen LogP contribution in [0.5, 0.6) is 0 Å². The fourth-order valence-electron chi connectivity index (χ4n) is 11.6. The van der Waals surface area contributed by atoms with E-state index in [9.17, 15) is 19.2 Å². The summed E-state index contributed by atoms with van der Waals surface area (Å²) in [6, 6.07) is 25.5. The van der Waals surface area contributed by atoms with Crippen molar-refractivity contribution >= 4 is 69.6 Å². The van der Waals surface area contributed by atoms with Crippen LogP contribution in [-0.4, -0.2) is 116 Å². The highest BCUT2D eigenvalue weighted by Crippen LogP contribution is 2.55. The van der Waals surface area contributed by atoms with Crippen molar-refractivity contribution in [2.75, 3.05) is 38.2 Å². The maximum absolute atomic E-state index is 14.1. The number of imidazole rings is 2. The summed E-state index contributed by atoms with van der Waals surface area (Å²) in [4.78, 5) is 74.1. The van der Waals surface area contributed by atoms with Crippen LogP contribution in [-0.2, 0) is 44.7 Å². The number of hydrogen-bond acceptors (Lipinski definition) is 10. The van der Waals surface area contributed by atoms with Gasteiger partial charge in [0.2, 0.25) is 11.8 Å². The standard InChI is InChI=1S/C54H60N8O6S2/c1-67-53(65)59-41(17-19-69-3)51(63)61-45-25-35(45)27-47(61)49-55-39-15-13-33(23-43(39)57-49)37-21-29-5-9-31(37)11-7-30-6-10-32(12-8-29)38(22-30)34-14-16-40-44(24-34)58-50(56-40)48-28-36-26-46(36)62(48)52(64)42(18-20-70-4)60-54(66)68-2/h5-6,9-10,13-16,21-24,35-36,41-42,45-48H,7-8,11-12,17-20,25-28H2,1-4H3,(H,55,57)(H,56,58)(H,59,65)(H,60,66). The third kappa shape index (κ3) is 9.01. The molecule has 4 amide bonds. The van der Waals surface area contributed by atoms with E-state index in [-0.39, 0.29) is 36.0 Å². The largest absolute Gasteiger partial charge is 0.453 e. The normalized spacial score (nSPS) is 22.8. The predicted molar refractivity (Wildman–Crippen MR) is 275 cm³/mol. The smallest absolute Gasteiger partial charge is 0.407 e. The highest BCUT2D eigenvalue weighted by atomic mass is 32.2. The van der Waals surface area contributed by atoms with Crippen molar-refractivity contribution in [3.8, 4) is 22.3 Å². The molecule has 2 aliphatic heterocycles. The summed E-state index contributed by atoms with van der Waals surface area (Å²) in [6.45, 7) is 0. The molecule has 14 nitrogen and oxygen atoms in total. The van der Waals surface area contributed by atoms with Gasteiger partial charge in [0, 0.05) is 12.1 Å². The number of hydrogen-bond donors (Lipinski definition) is 4. The van der Waals surface area contributed by atoms with Crippen molar-refractivity contribution in [2.45, 2.75) is 100 Å². The van der Waals surface area contributed by atoms with Gasteiger partial charge in [0.15, 0.2) is 0 Å². The summed E-state index contributed by atoms with van der Waals surface area (Å²) < 4.78 is 9.77. The van der Waals surface area contributed by atoms with Crippen LogP contribution < -0.4 is 10.6 Å². The molecule has 6 aliphatic carbocycles. The number of fused-ring (bicyclic) bond motifs is 4. The SMILES string of the molecule is COC(=O)NC(CCSC)C(=O)N1C(c2nc3ccc(-c4cc5ccc4CCc4ccc(c(-c6ccc7nc(C8CC9CC9N8C(=O)C(CCSC)NC(=O)OC)[nH]c7c6)c4)CC5)cc3[nH]2)CC2CC21. The van der Waals surface area contributed by atoms with Crippen molar-refractivity contribution in [2.24, 2.45) is 11.8 Å². The van der Waals surface area contributed by atoms with Gasteiger partial charge in [-0.2, -0.15) is 23.5 Å². The van der Waals surface area contributed by atoms with Gasteiger partial charge < -0.3 is 39.9 Å². The lowest BCUT2D eigenvalue weighted by atomic mass is 9.87. The number of carbonyl (C=O) groups is 4. The van der Waals surface area contributed by atoms with Crippen molar-refractivity contribution in [3.63, 3.8) is 0 Å². The number of carbonyl (C=O) groups excluding carboxylic acids is 4. The first-order valence-corrected chi connectivity index (χ1v) is 27.4. The number of likely N-dealkylation sites (tertiary alicyclic amines) is 2. The molecule has 0 spiro atoms. The number of rotatable bonds is 14. The molecule has 8 aliphatic rings. The molecule has 16 heteroatoms. The Morgan fingerprint density at radius 3 is 1.47 bits per heavy atom. The predicted octanol–water partition coefficient (Wildman–Crippen LogP) is 8.94. The number of aromatic amines is 2. The molecular weight excluding hydrogens is 921 g/mol. The molecule has 2 saturated heterocycles. The molecule has 6 aromatic rings. The van der Waals surface area contributed by atoms with E-state index in [2.05, 4.69) is 93.4 Å². The van der Waals surface area contributed by atoms with Gasteiger partial charge in [0.05, 0.1) is 48.4 Å². The quantitative estimate of drug-likeness (QED) is 0.0825.